The standard InChI is InChI=1S/C18H25N3O3S/c1-13-4-5-14-11-15(17(23)20-16(14)10-13)12-21(7-8-22)18(25)19-6-3-9-24-2/h4-5,10-11,22H,3,6-9,12H2,1-2H3,(H,19,25)(H,20,23). The van der Waals surface area contributed by atoms with Gasteiger partial charge in [0.15, 0.2) is 5.11 Å². The maximum atomic E-state index is 12.4. The van der Waals surface area contributed by atoms with Gasteiger partial charge >= 0.3 is 0 Å². The molecule has 0 saturated carbocycles. The second-order valence-corrected chi connectivity index (χ2v) is 6.32. The molecule has 0 atom stereocenters. The predicted octanol–water partition coefficient (Wildman–Crippen LogP) is 1.54. The highest BCUT2D eigenvalue weighted by molar-refractivity contribution is 7.80. The molecule has 1 aromatic carbocycles. The lowest BCUT2D eigenvalue weighted by atomic mass is 10.1. The summed E-state index contributed by atoms with van der Waals surface area (Å²) in [6.07, 6.45) is 0.833. The Bertz CT molecular complexity index is 776. The molecule has 1 aromatic heterocycles. The number of aryl methyl sites for hydroxylation is 1. The van der Waals surface area contributed by atoms with E-state index in [1.807, 2.05) is 31.2 Å². The Kier molecular flexibility index (Phi) is 7.36. The second-order valence-electron chi connectivity index (χ2n) is 5.94. The maximum Gasteiger partial charge on any atom is 0.253 e. The van der Waals surface area contributed by atoms with E-state index in [-0.39, 0.29) is 12.2 Å². The van der Waals surface area contributed by atoms with Gasteiger partial charge in [-0.2, -0.15) is 0 Å². The van der Waals surface area contributed by atoms with Gasteiger partial charge in [-0.1, -0.05) is 12.1 Å². The highest BCUT2D eigenvalue weighted by Gasteiger charge is 2.12. The van der Waals surface area contributed by atoms with Crippen LogP contribution in [0.1, 0.15) is 17.5 Å². The van der Waals surface area contributed by atoms with E-state index in [1.165, 1.54) is 0 Å². The van der Waals surface area contributed by atoms with Crippen molar-refractivity contribution >= 4 is 28.2 Å². The third-order valence-electron chi connectivity index (χ3n) is 3.90. The number of fused-ring (bicyclic) bond motifs is 1. The molecule has 0 aliphatic carbocycles. The number of rotatable bonds is 8. The number of thiocarbonyl (C=S) groups is 1. The van der Waals surface area contributed by atoms with Crippen LogP contribution in [0.5, 0.6) is 0 Å². The number of aliphatic hydroxyl groups excluding tert-OH is 1. The first-order chi connectivity index (χ1) is 12.0. The Morgan fingerprint density at radius 1 is 1.40 bits per heavy atom. The van der Waals surface area contributed by atoms with Crippen LogP contribution in [0.4, 0.5) is 0 Å². The molecule has 0 spiro atoms. The predicted molar refractivity (Wildman–Crippen MR) is 104 cm³/mol. The Morgan fingerprint density at radius 2 is 2.20 bits per heavy atom. The van der Waals surface area contributed by atoms with Crippen LogP contribution in [-0.2, 0) is 11.3 Å². The highest BCUT2D eigenvalue weighted by atomic mass is 32.1. The number of aromatic amines is 1. The van der Waals surface area contributed by atoms with E-state index in [0.717, 1.165) is 22.9 Å². The number of nitrogens with zero attached hydrogens (tertiary/aromatic N) is 1. The summed E-state index contributed by atoms with van der Waals surface area (Å²) in [5.74, 6) is 0. The van der Waals surface area contributed by atoms with E-state index in [2.05, 4.69) is 10.3 Å². The van der Waals surface area contributed by atoms with Crippen LogP contribution in [0.15, 0.2) is 29.1 Å². The number of hydrogen-bond donors (Lipinski definition) is 3. The van der Waals surface area contributed by atoms with Crippen LogP contribution >= 0.6 is 12.2 Å². The fourth-order valence-corrected chi connectivity index (χ4v) is 2.84. The lowest BCUT2D eigenvalue weighted by molar-refractivity contribution is 0.195. The number of H-pyrrole nitrogens is 1. The summed E-state index contributed by atoms with van der Waals surface area (Å²) in [6, 6.07) is 7.83. The number of aromatic nitrogens is 1. The molecule has 3 N–H and O–H groups in total. The van der Waals surface area contributed by atoms with Gasteiger partial charge in [0, 0.05) is 37.9 Å². The third kappa shape index (κ3) is 5.52. The Balaban J connectivity index is 2.14. The molecule has 0 unspecified atom stereocenters. The molecule has 2 aromatic rings. The first-order valence-electron chi connectivity index (χ1n) is 8.30. The maximum absolute atomic E-state index is 12.4. The van der Waals surface area contributed by atoms with Crippen molar-refractivity contribution in [3.05, 3.63) is 45.7 Å². The fraction of sp³-hybridized carbons (Fsp3) is 0.444. The molecule has 0 aliphatic rings. The van der Waals surface area contributed by atoms with Crippen molar-refractivity contribution in [1.82, 2.24) is 15.2 Å². The second kappa shape index (κ2) is 9.50. The Hall–Kier alpha value is -1.96. The zero-order valence-electron chi connectivity index (χ0n) is 14.7. The van der Waals surface area contributed by atoms with Gasteiger partial charge in [0.2, 0.25) is 0 Å². The summed E-state index contributed by atoms with van der Waals surface area (Å²) in [7, 11) is 1.66. The average molecular weight is 363 g/mol. The van der Waals surface area contributed by atoms with Gasteiger partial charge in [-0.15, -0.1) is 0 Å². The zero-order chi connectivity index (χ0) is 18.2. The molecule has 0 aliphatic heterocycles. The normalized spacial score (nSPS) is 10.8. The molecule has 0 radical (unpaired) electrons. The van der Waals surface area contributed by atoms with Gasteiger partial charge in [-0.05, 0) is 48.6 Å². The number of benzene rings is 1. The molecular formula is C18H25N3O3S. The SMILES string of the molecule is COCCCNC(=S)N(CCO)Cc1cc2ccc(C)cc2[nH]c1=O. The Labute approximate surface area is 152 Å². The molecule has 0 amide bonds. The van der Waals surface area contributed by atoms with Crippen molar-refractivity contribution in [2.45, 2.75) is 19.9 Å². The number of hydrogen-bond acceptors (Lipinski definition) is 4. The van der Waals surface area contributed by atoms with Crippen LogP contribution < -0.4 is 10.9 Å². The number of methoxy groups -OCH3 is 1. The zero-order valence-corrected chi connectivity index (χ0v) is 15.5. The average Bonchev–Trinajstić information content (AvgIpc) is 2.58. The number of ether oxygens (including phenoxy) is 1. The summed E-state index contributed by atoms with van der Waals surface area (Å²) in [4.78, 5) is 17.1. The Morgan fingerprint density at radius 3 is 2.92 bits per heavy atom. The van der Waals surface area contributed by atoms with E-state index < -0.39 is 0 Å². The van der Waals surface area contributed by atoms with Crippen molar-refractivity contribution in [1.29, 1.82) is 0 Å². The van der Waals surface area contributed by atoms with Crippen molar-refractivity contribution in [2.24, 2.45) is 0 Å². The molecule has 0 bridgehead atoms. The minimum absolute atomic E-state index is 0.0371. The van der Waals surface area contributed by atoms with Gasteiger partial charge < -0.3 is 25.0 Å². The third-order valence-corrected chi connectivity index (χ3v) is 4.30. The summed E-state index contributed by atoms with van der Waals surface area (Å²) < 4.78 is 5.01. The fourth-order valence-electron chi connectivity index (χ4n) is 2.58. The monoisotopic (exact) mass is 363 g/mol. The van der Waals surface area contributed by atoms with Gasteiger partial charge in [0.25, 0.3) is 5.56 Å². The van der Waals surface area contributed by atoms with Crippen molar-refractivity contribution < 1.29 is 9.84 Å². The molecule has 0 saturated heterocycles. The van der Waals surface area contributed by atoms with Crippen molar-refractivity contribution in [3.8, 4) is 0 Å². The van der Waals surface area contributed by atoms with E-state index in [0.29, 0.717) is 36.9 Å². The first-order valence-corrected chi connectivity index (χ1v) is 8.71. The van der Waals surface area contributed by atoms with E-state index >= 15 is 0 Å². The number of nitrogens with one attached hydrogen (secondary N) is 2. The minimum atomic E-state index is -0.136. The number of aliphatic hydroxyl groups is 1. The van der Waals surface area contributed by atoms with Crippen LogP contribution in [0.25, 0.3) is 10.9 Å². The summed E-state index contributed by atoms with van der Waals surface area (Å²) in [5.41, 5.74) is 2.40. The van der Waals surface area contributed by atoms with Crippen LogP contribution in [0.3, 0.4) is 0 Å². The molecule has 25 heavy (non-hydrogen) atoms. The molecular weight excluding hydrogens is 338 g/mol. The van der Waals surface area contributed by atoms with Gasteiger partial charge in [0.1, 0.15) is 0 Å². The van der Waals surface area contributed by atoms with E-state index in [9.17, 15) is 9.90 Å². The van der Waals surface area contributed by atoms with Crippen LogP contribution in [-0.4, -0.2) is 53.5 Å². The van der Waals surface area contributed by atoms with Gasteiger partial charge in [0.05, 0.1) is 13.2 Å². The lowest BCUT2D eigenvalue weighted by Gasteiger charge is -2.25. The number of pyridine rings is 1. The van der Waals surface area contributed by atoms with Gasteiger partial charge in [-0.3, -0.25) is 4.79 Å². The quantitative estimate of drug-likeness (QED) is 0.488. The molecule has 1 heterocycles. The minimum Gasteiger partial charge on any atom is -0.395 e. The van der Waals surface area contributed by atoms with Crippen molar-refractivity contribution in [3.63, 3.8) is 0 Å². The summed E-state index contributed by atoms with van der Waals surface area (Å²) in [5, 5.41) is 13.9. The molecule has 7 heteroatoms. The van der Waals surface area contributed by atoms with Gasteiger partial charge in [-0.25, -0.2) is 0 Å². The van der Waals surface area contributed by atoms with Crippen LogP contribution in [0, 0.1) is 6.92 Å². The largest absolute Gasteiger partial charge is 0.395 e. The first kappa shape index (κ1) is 19.4. The topological polar surface area (TPSA) is 77.6 Å². The summed E-state index contributed by atoms with van der Waals surface area (Å²) >= 11 is 5.40. The smallest absolute Gasteiger partial charge is 0.253 e. The molecule has 6 nitrogen and oxygen atoms in total. The van der Waals surface area contributed by atoms with Crippen molar-refractivity contribution in [2.75, 3.05) is 33.4 Å². The van der Waals surface area contributed by atoms with E-state index in [1.54, 1.807) is 12.0 Å². The summed E-state index contributed by atoms with van der Waals surface area (Å²) in [6.45, 7) is 3.99. The van der Waals surface area contributed by atoms with Crippen LogP contribution in [0.2, 0.25) is 0 Å². The van der Waals surface area contributed by atoms with E-state index in [4.69, 9.17) is 17.0 Å². The lowest BCUT2D eigenvalue weighted by Crippen LogP contribution is -2.42. The highest BCUT2D eigenvalue weighted by Crippen LogP contribution is 2.14. The molecule has 0 fully saturated rings. The molecule has 2 rings (SSSR count). The molecule has 136 valence electrons.